The molecule has 0 bridgehead atoms. The molecule has 3 nitrogen and oxygen atoms in total. The molecule has 0 aliphatic carbocycles. The van der Waals surface area contributed by atoms with Crippen molar-refractivity contribution in [2.45, 2.75) is 32.7 Å². The number of rotatable bonds is 4. The summed E-state index contributed by atoms with van der Waals surface area (Å²) in [5.74, 6) is -0.227. The lowest BCUT2D eigenvalue weighted by Crippen LogP contribution is -2.13. The highest BCUT2D eigenvalue weighted by atomic mass is 19.1. The van der Waals surface area contributed by atoms with E-state index in [1.165, 1.54) is 11.6 Å². The summed E-state index contributed by atoms with van der Waals surface area (Å²) in [7, 11) is 1.93. The first kappa shape index (κ1) is 13.7. The maximum absolute atomic E-state index is 13.6. The fourth-order valence-electron chi connectivity index (χ4n) is 2.41. The normalized spacial score (nSPS) is 12.7. The zero-order chi connectivity index (χ0) is 14.0. The first-order valence-corrected chi connectivity index (χ1v) is 6.49. The number of hydrogen-bond donors (Lipinski definition) is 1. The largest absolute Gasteiger partial charge is 0.324 e. The molecule has 1 atom stereocenters. The van der Waals surface area contributed by atoms with Gasteiger partial charge in [0.25, 0.3) is 0 Å². The van der Waals surface area contributed by atoms with Crippen molar-refractivity contribution in [3.05, 3.63) is 52.6 Å². The average Bonchev–Trinajstić information content (AvgIpc) is 2.61. The topological polar surface area (TPSA) is 43.8 Å². The Morgan fingerprint density at radius 3 is 2.58 bits per heavy atom. The molecule has 102 valence electrons. The van der Waals surface area contributed by atoms with E-state index in [0.717, 1.165) is 17.8 Å². The van der Waals surface area contributed by atoms with Gasteiger partial charge in [0.2, 0.25) is 0 Å². The third kappa shape index (κ3) is 2.84. The van der Waals surface area contributed by atoms with Gasteiger partial charge >= 0.3 is 0 Å². The van der Waals surface area contributed by atoms with Crippen molar-refractivity contribution in [1.82, 2.24) is 9.78 Å². The van der Waals surface area contributed by atoms with Crippen LogP contribution in [0.2, 0.25) is 0 Å². The molecule has 19 heavy (non-hydrogen) atoms. The molecule has 0 aliphatic rings. The van der Waals surface area contributed by atoms with Crippen molar-refractivity contribution in [3.8, 4) is 0 Å². The smallest absolute Gasteiger partial charge is 0.127 e. The molecule has 0 spiro atoms. The second-order valence-electron chi connectivity index (χ2n) is 4.94. The predicted octanol–water partition coefficient (Wildman–Crippen LogP) is 2.81. The van der Waals surface area contributed by atoms with E-state index < -0.39 is 0 Å². The highest BCUT2D eigenvalue weighted by molar-refractivity contribution is 5.26. The van der Waals surface area contributed by atoms with Crippen LogP contribution in [0.25, 0.3) is 0 Å². The van der Waals surface area contributed by atoms with E-state index in [2.05, 4.69) is 5.10 Å². The Bertz CT molecular complexity index is 575. The van der Waals surface area contributed by atoms with Crippen LogP contribution < -0.4 is 5.73 Å². The fraction of sp³-hybridized carbons (Fsp3) is 0.400. The minimum atomic E-state index is -0.278. The summed E-state index contributed by atoms with van der Waals surface area (Å²) in [6.07, 6.45) is 1.54. The number of halogens is 1. The molecule has 0 aliphatic heterocycles. The van der Waals surface area contributed by atoms with Gasteiger partial charge < -0.3 is 5.73 Å². The predicted molar refractivity (Wildman–Crippen MR) is 74.3 cm³/mol. The Kier molecular flexibility index (Phi) is 4.00. The molecule has 1 heterocycles. The minimum absolute atomic E-state index is 0.227. The molecule has 1 aromatic carbocycles. The van der Waals surface area contributed by atoms with Crippen LogP contribution in [0.5, 0.6) is 0 Å². The first-order valence-electron chi connectivity index (χ1n) is 6.49. The van der Waals surface area contributed by atoms with Gasteiger partial charge in [-0.1, -0.05) is 18.2 Å². The fourth-order valence-corrected chi connectivity index (χ4v) is 2.41. The van der Waals surface area contributed by atoms with Crippen molar-refractivity contribution in [2.75, 3.05) is 0 Å². The molecule has 1 aromatic heterocycles. The molecule has 4 heteroatoms. The van der Waals surface area contributed by atoms with Crippen LogP contribution in [0.15, 0.2) is 24.3 Å². The minimum Gasteiger partial charge on any atom is -0.324 e. The van der Waals surface area contributed by atoms with Crippen LogP contribution in [-0.4, -0.2) is 9.78 Å². The Labute approximate surface area is 113 Å². The Morgan fingerprint density at radius 1 is 1.32 bits per heavy atom. The van der Waals surface area contributed by atoms with Gasteiger partial charge in [0, 0.05) is 24.3 Å². The van der Waals surface area contributed by atoms with Crippen LogP contribution in [0, 0.1) is 19.7 Å². The van der Waals surface area contributed by atoms with Crippen LogP contribution in [0.4, 0.5) is 4.39 Å². The second kappa shape index (κ2) is 5.53. The number of hydrogen-bond acceptors (Lipinski definition) is 2. The molecule has 0 saturated carbocycles. The molecule has 2 rings (SSSR count). The van der Waals surface area contributed by atoms with Crippen LogP contribution in [0.1, 0.15) is 35.0 Å². The maximum atomic E-state index is 13.6. The van der Waals surface area contributed by atoms with Crippen LogP contribution >= 0.6 is 0 Å². The van der Waals surface area contributed by atoms with Crippen LogP contribution in [0.3, 0.4) is 0 Å². The quantitative estimate of drug-likeness (QED) is 0.919. The zero-order valence-electron chi connectivity index (χ0n) is 11.7. The van der Waals surface area contributed by atoms with Gasteiger partial charge in [0.1, 0.15) is 5.82 Å². The number of nitrogens with two attached hydrogens (primary N) is 1. The summed E-state index contributed by atoms with van der Waals surface area (Å²) in [6, 6.07) is 6.43. The van der Waals surface area contributed by atoms with Crippen molar-refractivity contribution < 1.29 is 4.39 Å². The van der Waals surface area contributed by atoms with Gasteiger partial charge in [0.15, 0.2) is 0 Å². The third-order valence-corrected chi connectivity index (χ3v) is 3.67. The molecule has 2 aromatic rings. The van der Waals surface area contributed by atoms with Crippen LogP contribution in [-0.2, 0) is 13.5 Å². The van der Waals surface area contributed by atoms with Crippen molar-refractivity contribution in [2.24, 2.45) is 12.8 Å². The summed E-state index contributed by atoms with van der Waals surface area (Å²) in [4.78, 5) is 0. The van der Waals surface area contributed by atoms with Gasteiger partial charge in [-0.25, -0.2) is 4.39 Å². The van der Waals surface area contributed by atoms with Gasteiger partial charge in [-0.3, -0.25) is 4.68 Å². The SMILES string of the molecule is Cc1nn(C)c(C)c1CCC(N)c1ccccc1F. The molecule has 1 unspecified atom stereocenters. The van der Waals surface area contributed by atoms with E-state index in [9.17, 15) is 4.39 Å². The molecule has 0 amide bonds. The lowest BCUT2D eigenvalue weighted by Gasteiger charge is -2.13. The first-order chi connectivity index (χ1) is 9.00. The van der Waals surface area contributed by atoms with Gasteiger partial charge in [0.05, 0.1) is 5.69 Å². The van der Waals surface area contributed by atoms with Crippen molar-refractivity contribution in [1.29, 1.82) is 0 Å². The van der Waals surface area contributed by atoms with Gasteiger partial charge in [-0.05, 0) is 38.3 Å². The van der Waals surface area contributed by atoms with E-state index in [4.69, 9.17) is 5.73 Å². The van der Waals surface area contributed by atoms with E-state index in [1.807, 2.05) is 31.6 Å². The number of benzene rings is 1. The maximum Gasteiger partial charge on any atom is 0.127 e. The lowest BCUT2D eigenvalue weighted by molar-refractivity contribution is 0.563. The highest BCUT2D eigenvalue weighted by Gasteiger charge is 2.14. The molecule has 0 radical (unpaired) electrons. The molecule has 2 N–H and O–H groups in total. The number of nitrogens with zero attached hydrogens (tertiary/aromatic N) is 2. The van der Waals surface area contributed by atoms with Gasteiger partial charge in [-0.2, -0.15) is 5.10 Å². The Hall–Kier alpha value is -1.68. The third-order valence-electron chi connectivity index (χ3n) is 3.67. The van der Waals surface area contributed by atoms with E-state index in [0.29, 0.717) is 12.0 Å². The summed E-state index contributed by atoms with van der Waals surface area (Å²) in [5.41, 5.74) is 10.1. The van der Waals surface area contributed by atoms with E-state index >= 15 is 0 Å². The van der Waals surface area contributed by atoms with Gasteiger partial charge in [-0.15, -0.1) is 0 Å². The number of aryl methyl sites for hydroxylation is 2. The average molecular weight is 261 g/mol. The van der Waals surface area contributed by atoms with E-state index in [1.54, 1.807) is 12.1 Å². The Balaban J connectivity index is 2.09. The molecule has 0 fully saturated rings. The Morgan fingerprint density at radius 2 is 2.00 bits per heavy atom. The standard InChI is InChI=1S/C15H20FN3/c1-10-12(11(2)19(3)18-10)8-9-15(17)13-6-4-5-7-14(13)16/h4-7,15H,8-9,17H2,1-3H3. The van der Waals surface area contributed by atoms with Crippen molar-refractivity contribution >= 4 is 0 Å². The van der Waals surface area contributed by atoms with Crippen molar-refractivity contribution in [3.63, 3.8) is 0 Å². The summed E-state index contributed by atoms with van der Waals surface area (Å²) >= 11 is 0. The number of aromatic nitrogens is 2. The summed E-state index contributed by atoms with van der Waals surface area (Å²) in [6.45, 7) is 4.04. The monoisotopic (exact) mass is 261 g/mol. The summed E-state index contributed by atoms with van der Waals surface area (Å²) in [5, 5.41) is 4.38. The second-order valence-corrected chi connectivity index (χ2v) is 4.94. The molecule has 0 saturated heterocycles. The molecular formula is C15H20FN3. The highest BCUT2D eigenvalue weighted by Crippen LogP contribution is 2.22. The zero-order valence-corrected chi connectivity index (χ0v) is 11.7. The molecular weight excluding hydrogens is 241 g/mol. The summed E-state index contributed by atoms with van der Waals surface area (Å²) < 4.78 is 15.5. The lowest BCUT2D eigenvalue weighted by atomic mass is 9.98. The van der Waals surface area contributed by atoms with E-state index in [-0.39, 0.29) is 11.9 Å².